The quantitative estimate of drug-likeness (QED) is 0.176. The van der Waals surface area contributed by atoms with E-state index in [1.165, 1.54) is 75.5 Å². The second kappa shape index (κ2) is 11.6. The molecule has 1 nitrogen and oxygen atoms in total. The molecule has 1 aliphatic rings. The third kappa shape index (κ3) is 4.90. The first-order chi connectivity index (χ1) is 25.0. The van der Waals surface area contributed by atoms with E-state index in [4.69, 9.17) is 0 Å². The summed E-state index contributed by atoms with van der Waals surface area (Å²) in [6.07, 6.45) is 0. The van der Waals surface area contributed by atoms with Crippen molar-refractivity contribution in [1.29, 1.82) is 0 Å². The van der Waals surface area contributed by atoms with Crippen LogP contribution in [0.4, 0.5) is 17.1 Å². The van der Waals surface area contributed by atoms with Crippen molar-refractivity contribution >= 4 is 59.3 Å². The highest BCUT2D eigenvalue weighted by Gasteiger charge is 2.35. The van der Waals surface area contributed by atoms with E-state index in [1.54, 1.807) is 0 Å². The van der Waals surface area contributed by atoms with Crippen molar-refractivity contribution in [1.82, 2.24) is 0 Å². The van der Waals surface area contributed by atoms with E-state index in [-0.39, 0.29) is 5.41 Å². The summed E-state index contributed by atoms with van der Waals surface area (Å²) < 4.78 is 2.67. The van der Waals surface area contributed by atoms with Gasteiger partial charge in [-0.2, -0.15) is 0 Å². The number of fused-ring (bicyclic) bond motifs is 7. The molecule has 9 aromatic rings. The Hall–Kier alpha value is -5.96. The number of hydrogen-bond acceptors (Lipinski definition) is 2. The Morgan fingerprint density at radius 1 is 0.392 bits per heavy atom. The maximum absolute atomic E-state index is 2.41. The fourth-order valence-corrected chi connectivity index (χ4v) is 9.26. The molecule has 0 saturated carbocycles. The molecule has 2 heteroatoms. The average molecular weight is 670 g/mol. The maximum atomic E-state index is 2.41. The summed E-state index contributed by atoms with van der Waals surface area (Å²) in [5.41, 5.74) is 13.7. The lowest BCUT2D eigenvalue weighted by molar-refractivity contribution is 0.660. The predicted octanol–water partition coefficient (Wildman–Crippen LogP) is 14.3. The normalized spacial score (nSPS) is 13.1. The Morgan fingerprint density at radius 2 is 0.980 bits per heavy atom. The summed E-state index contributed by atoms with van der Waals surface area (Å²) in [5, 5.41) is 5.12. The van der Waals surface area contributed by atoms with E-state index in [0.717, 1.165) is 17.1 Å². The predicted molar refractivity (Wildman–Crippen MR) is 220 cm³/mol. The molecule has 0 saturated heterocycles. The van der Waals surface area contributed by atoms with Crippen LogP contribution in [0.1, 0.15) is 25.0 Å². The van der Waals surface area contributed by atoms with E-state index >= 15 is 0 Å². The van der Waals surface area contributed by atoms with Gasteiger partial charge in [0.2, 0.25) is 0 Å². The number of rotatable bonds is 5. The minimum atomic E-state index is -0.0805. The zero-order valence-electron chi connectivity index (χ0n) is 28.6. The summed E-state index contributed by atoms with van der Waals surface area (Å²) in [5.74, 6) is 0. The third-order valence-electron chi connectivity index (χ3n) is 10.8. The molecular formula is C49H35NS. The van der Waals surface area contributed by atoms with Crippen LogP contribution in [0.2, 0.25) is 0 Å². The smallest absolute Gasteiger partial charge is 0.0468 e. The summed E-state index contributed by atoms with van der Waals surface area (Å²) in [6.45, 7) is 4.71. The highest BCUT2D eigenvalue weighted by atomic mass is 32.1. The van der Waals surface area contributed by atoms with Crippen molar-refractivity contribution < 1.29 is 0 Å². The fraction of sp³-hybridized carbons (Fsp3) is 0.0612. The zero-order valence-corrected chi connectivity index (χ0v) is 29.4. The summed E-state index contributed by atoms with van der Waals surface area (Å²) in [4.78, 5) is 2.41. The fourth-order valence-electron chi connectivity index (χ4n) is 8.17. The second-order valence-corrected chi connectivity index (χ2v) is 15.3. The topological polar surface area (TPSA) is 3.24 Å². The van der Waals surface area contributed by atoms with Gasteiger partial charge >= 0.3 is 0 Å². The standard InChI is InChI=1S/C49H35NS/c1-49(2)45-14-8-6-12-41(45)42-26-25-40(31-46(42)49)50(38-22-18-33(19-23-38)32-10-4-3-5-11-32)39-24-20-35-28-34(16-17-36(35)29-39)37-21-27-48-44(30-37)43-13-7-9-15-47(43)51-48/h3-31H,1-2H3. The molecule has 0 unspecified atom stereocenters. The number of benzene rings is 8. The third-order valence-corrected chi connectivity index (χ3v) is 12.0. The van der Waals surface area contributed by atoms with Crippen LogP contribution >= 0.6 is 11.3 Å². The molecule has 0 aliphatic heterocycles. The molecule has 0 bridgehead atoms. The number of hydrogen-bond donors (Lipinski definition) is 0. The highest BCUT2D eigenvalue weighted by Crippen LogP contribution is 2.51. The largest absolute Gasteiger partial charge is 0.310 e. The lowest BCUT2D eigenvalue weighted by atomic mass is 9.82. The van der Waals surface area contributed by atoms with Crippen LogP contribution in [0.5, 0.6) is 0 Å². The first-order valence-corrected chi connectivity index (χ1v) is 18.5. The molecule has 242 valence electrons. The molecule has 1 heterocycles. The van der Waals surface area contributed by atoms with Crippen molar-refractivity contribution in [2.24, 2.45) is 0 Å². The Morgan fingerprint density at radius 3 is 1.86 bits per heavy atom. The first kappa shape index (κ1) is 29.9. The van der Waals surface area contributed by atoms with Gasteiger partial charge in [-0.1, -0.05) is 129 Å². The molecule has 0 radical (unpaired) electrons. The molecule has 0 amide bonds. The van der Waals surface area contributed by atoms with E-state index in [9.17, 15) is 0 Å². The zero-order chi connectivity index (χ0) is 34.1. The van der Waals surface area contributed by atoms with E-state index in [1.807, 2.05) is 11.3 Å². The van der Waals surface area contributed by atoms with Gasteiger partial charge in [-0.05, 0) is 116 Å². The number of anilines is 3. The minimum absolute atomic E-state index is 0.0805. The van der Waals surface area contributed by atoms with Gasteiger partial charge in [0.25, 0.3) is 0 Å². The van der Waals surface area contributed by atoms with Crippen molar-refractivity contribution in [3.8, 4) is 33.4 Å². The van der Waals surface area contributed by atoms with Crippen LogP contribution in [0.3, 0.4) is 0 Å². The average Bonchev–Trinajstić information content (AvgIpc) is 3.67. The van der Waals surface area contributed by atoms with Gasteiger partial charge in [-0.3, -0.25) is 0 Å². The SMILES string of the molecule is CC1(C)c2ccccc2-c2ccc(N(c3ccc(-c4ccccc4)cc3)c3ccc4cc(-c5ccc6sc7ccccc7c6c5)ccc4c3)cc21. The van der Waals surface area contributed by atoms with Crippen molar-refractivity contribution in [3.63, 3.8) is 0 Å². The molecule has 10 rings (SSSR count). The van der Waals surface area contributed by atoms with Crippen molar-refractivity contribution in [2.75, 3.05) is 4.90 Å². The lowest BCUT2D eigenvalue weighted by Gasteiger charge is -2.28. The Labute approximate surface area is 302 Å². The van der Waals surface area contributed by atoms with Gasteiger partial charge < -0.3 is 4.90 Å². The van der Waals surface area contributed by atoms with Gasteiger partial charge in [-0.25, -0.2) is 0 Å². The monoisotopic (exact) mass is 669 g/mol. The van der Waals surface area contributed by atoms with Crippen LogP contribution in [0, 0.1) is 0 Å². The van der Waals surface area contributed by atoms with E-state index in [2.05, 4.69) is 195 Å². The number of nitrogens with zero attached hydrogens (tertiary/aromatic N) is 1. The molecule has 1 aromatic heterocycles. The van der Waals surface area contributed by atoms with Gasteiger partial charge in [0.15, 0.2) is 0 Å². The second-order valence-electron chi connectivity index (χ2n) is 14.2. The Bertz CT molecular complexity index is 2770. The van der Waals surface area contributed by atoms with Gasteiger partial charge in [-0.15, -0.1) is 11.3 Å². The van der Waals surface area contributed by atoms with Gasteiger partial charge in [0.1, 0.15) is 0 Å². The lowest BCUT2D eigenvalue weighted by Crippen LogP contribution is -2.16. The highest BCUT2D eigenvalue weighted by molar-refractivity contribution is 7.25. The molecule has 51 heavy (non-hydrogen) atoms. The molecule has 0 atom stereocenters. The first-order valence-electron chi connectivity index (χ1n) is 17.7. The van der Waals surface area contributed by atoms with Crippen molar-refractivity contribution in [3.05, 3.63) is 187 Å². The molecule has 0 spiro atoms. The van der Waals surface area contributed by atoms with Gasteiger partial charge in [0.05, 0.1) is 0 Å². The minimum Gasteiger partial charge on any atom is -0.310 e. The van der Waals surface area contributed by atoms with Crippen LogP contribution in [0.15, 0.2) is 176 Å². The number of thiophene rings is 1. The Balaban J connectivity index is 1.08. The summed E-state index contributed by atoms with van der Waals surface area (Å²) >= 11 is 1.87. The van der Waals surface area contributed by atoms with Gasteiger partial charge in [0, 0.05) is 42.6 Å². The van der Waals surface area contributed by atoms with Crippen LogP contribution in [-0.4, -0.2) is 0 Å². The molecule has 1 aliphatic carbocycles. The van der Waals surface area contributed by atoms with E-state index in [0.29, 0.717) is 0 Å². The molecule has 0 fully saturated rings. The van der Waals surface area contributed by atoms with Crippen LogP contribution < -0.4 is 4.90 Å². The molecule has 8 aromatic carbocycles. The van der Waals surface area contributed by atoms with Crippen LogP contribution in [-0.2, 0) is 5.41 Å². The van der Waals surface area contributed by atoms with E-state index < -0.39 is 0 Å². The van der Waals surface area contributed by atoms with Crippen LogP contribution in [0.25, 0.3) is 64.3 Å². The molecular weight excluding hydrogens is 635 g/mol. The molecule has 0 N–H and O–H groups in total. The summed E-state index contributed by atoms with van der Waals surface area (Å²) in [6, 6.07) is 64.9. The van der Waals surface area contributed by atoms with Crippen molar-refractivity contribution in [2.45, 2.75) is 19.3 Å². The summed E-state index contributed by atoms with van der Waals surface area (Å²) in [7, 11) is 0. The maximum Gasteiger partial charge on any atom is 0.0468 e. The Kier molecular flexibility index (Phi) is 6.78.